The first-order valence-electron chi connectivity index (χ1n) is 19.5. The number of anilines is 1. The molecule has 2 heterocycles. The minimum Gasteiger partial charge on any atom is -0.507 e. The Kier molecular flexibility index (Phi) is 10.2. The van der Waals surface area contributed by atoms with Crippen molar-refractivity contribution in [3.63, 3.8) is 0 Å². The standard InChI is InChI=1S/C43H45N3O14/c1-19-14-21-15-28(49)43(59-4)39(55)31-24(16-23-30(35(31)52)27(48)17-26(33(23)50)44-40-25(18-47)34(51)37(58-3)20(2)60-40)38(54)42(43,57)32(21)36(53)29(19)41(56)46-12-10-45(11-13-46)22-8-6-5-7-9-22/h5-9,14,16-17,20,25,28,34,37,40,44,47,49,51-53,57H,10-13,15,18H2,1-4H3/t20-,25+,28+,34-,37-,40?,42-,43+/m0/s1. The topological polar surface area (TPSA) is 253 Å². The third-order valence-electron chi connectivity index (χ3n) is 12.8. The molecule has 3 aromatic rings. The van der Waals surface area contributed by atoms with E-state index in [1.807, 2.05) is 30.3 Å². The van der Waals surface area contributed by atoms with Gasteiger partial charge in [-0.3, -0.25) is 24.0 Å². The largest absolute Gasteiger partial charge is 0.507 e. The monoisotopic (exact) mass is 827 g/mol. The Bertz CT molecular complexity index is 2380. The van der Waals surface area contributed by atoms with Crippen LogP contribution < -0.4 is 10.2 Å². The van der Waals surface area contributed by atoms with Crippen LogP contribution >= 0.6 is 0 Å². The number of carbonyl (C=O) groups excluding carboxylic acids is 5. The van der Waals surface area contributed by atoms with Crippen LogP contribution in [0.1, 0.15) is 75.4 Å². The number of aliphatic hydroxyl groups is 4. The van der Waals surface area contributed by atoms with Crippen molar-refractivity contribution in [1.29, 1.82) is 0 Å². The first-order chi connectivity index (χ1) is 28.6. The average Bonchev–Trinajstić information content (AvgIpc) is 3.22. The second kappa shape index (κ2) is 14.9. The molecule has 0 aromatic heterocycles. The van der Waals surface area contributed by atoms with E-state index >= 15 is 0 Å². The predicted octanol–water partition coefficient (Wildman–Crippen LogP) is 0.519. The van der Waals surface area contributed by atoms with Gasteiger partial charge in [-0.25, -0.2) is 0 Å². The second-order valence-electron chi connectivity index (χ2n) is 15.9. The first-order valence-corrected chi connectivity index (χ1v) is 19.5. The molecule has 1 unspecified atom stereocenters. The van der Waals surface area contributed by atoms with E-state index in [2.05, 4.69) is 10.2 Å². The number of carbonyl (C=O) groups is 5. The maximum atomic E-state index is 15.0. The van der Waals surface area contributed by atoms with Crippen LogP contribution in [0, 0.1) is 12.8 Å². The van der Waals surface area contributed by atoms with Gasteiger partial charge in [0.1, 0.15) is 23.8 Å². The number of para-hydroxylation sites is 1. The van der Waals surface area contributed by atoms with Gasteiger partial charge in [0.15, 0.2) is 17.0 Å². The van der Waals surface area contributed by atoms with Gasteiger partial charge in [0.2, 0.25) is 17.3 Å². The maximum absolute atomic E-state index is 15.0. The summed E-state index contributed by atoms with van der Waals surface area (Å²) in [5.74, 6) is -8.19. The number of allylic oxidation sites excluding steroid dienone is 2. The van der Waals surface area contributed by atoms with Gasteiger partial charge in [-0.1, -0.05) is 24.3 Å². The number of aliphatic hydroxyl groups excluding tert-OH is 3. The molecule has 7 N–H and O–H groups in total. The van der Waals surface area contributed by atoms with Crippen molar-refractivity contribution in [2.75, 3.05) is 51.9 Å². The number of phenolic OH excluding ortho intramolecular Hbond substituents is 2. The Labute approximate surface area is 343 Å². The summed E-state index contributed by atoms with van der Waals surface area (Å²) in [7, 11) is 2.30. The maximum Gasteiger partial charge on any atom is 0.258 e. The number of nitrogens with zero attached hydrogens (tertiary/aromatic N) is 2. The van der Waals surface area contributed by atoms with Gasteiger partial charge in [0, 0.05) is 75.3 Å². The number of hydrogen-bond donors (Lipinski definition) is 7. The number of methoxy groups -OCH3 is 2. The molecule has 2 aliphatic heterocycles. The number of rotatable bonds is 7. The van der Waals surface area contributed by atoms with Crippen molar-refractivity contribution in [1.82, 2.24) is 10.2 Å². The highest BCUT2D eigenvalue weighted by Gasteiger charge is 2.72. The smallest absolute Gasteiger partial charge is 0.258 e. The van der Waals surface area contributed by atoms with E-state index < -0.39 is 135 Å². The minimum absolute atomic E-state index is 0.0311. The van der Waals surface area contributed by atoms with Crippen LogP contribution in [0.15, 0.2) is 54.2 Å². The zero-order chi connectivity index (χ0) is 43.2. The van der Waals surface area contributed by atoms with Gasteiger partial charge >= 0.3 is 0 Å². The van der Waals surface area contributed by atoms with Crippen LogP contribution in [0.2, 0.25) is 0 Å². The van der Waals surface area contributed by atoms with Crippen molar-refractivity contribution >= 4 is 34.7 Å². The van der Waals surface area contributed by atoms with Crippen LogP contribution in [0.5, 0.6) is 11.5 Å². The molecule has 8 atom stereocenters. The number of fused-ring (bicyclic) bond motifs is 5. The number of phenols is 2. The Morgan fingerprint density at radius 3 is 2.27 bits per heavy atom. The summed E-state index contributed by atoms with van der Waals surface area (Å²) in [5, 5.41) is 72.0. The fraction of sp³-hybridized carbons (Fsp3) is 0.419. The van der Waals surface area contributed by atoms with E-state index in [-0.39, 0.29) is 29.8 Å². The molecule has 0 radical (unpaired) electrons. The summed E-state index contributed by atoms with van der Waals surface area (Å²) in [5.41, 5.74) is -8.84. The zero-order valence-corrected chi connectivity index (χ0v) is 33.2. The highest BCUT2D eigenvalue weighted by atomic mass is 16.6. The zero-order valence-electron chi connectivity index (χ0n) is 33.2. The first kappa shape index (κ1) is 41.2. The van der Waals surface area contributed by atoms with Gasteiger partial charge in [0.05, 0.1) is 53.2 Å². The van der Waals surface area contributed by atoms with Crippen molar-refractivity contribution in [2.45, 2.75) is 62.1 Å². The Balaban J connectivity index is 1.19. The van der Waals surface area contributed by atoms with E-state index in [4.69, 9.17) is 14.2 Å². The molecular formula is C43H45N3O14. The molecule has 316 valence electrons. The highest BCUT2D eigenvalue weighted by molar-refractivity contribution is 6.31. The van der Waals surface area contributed by atoms with Crippen LogP contribution in [-0.4, -0.2) is 148 Å². The van der Waals surface area contributed by atoms with Crippen LogP contribution in [0.4, 0.5) is 5.69 Å². The third-order valence-corrected chi connectivity index (χ3v) is 12.8. The van der Waals surface area contributed by atoms with Gasteiger partial charge in [-0.05, 0) is 43.2 Å². The number of Topliss-reactive ketones (excluding diaryl/α,β-unsaturated/α-hetero) is 3. The second-order valence-corrected chi connectivity index (χ2v) is 15.9. The number of nitrogens with one attached hydrogen (secondary N) is 1. The molecule has 3 aromatic carbocycles. The summed E-state index contributed by atoms with van der Waals surface area (Å²) in [6, 6.07) is 11.9. The molecule has 0 saturated carbocycles. The van der Waals surface area contributed by atoms with Gasteiger partial charge in [-0.15, -0.1) is 0 Å². The number of aryl methyl sites for hydroxylation is 1. The number of amides is 1. The lowest BCUT2D eigenvalue weighted by atomic mass is 9.56. The third kappa shape index (κ3) is 5.68. The van der Waals surface area contributed by atoms with Gasteiger partial charge < -0.3 is 60.0 Å². The van der Waals surface area contributed by atoms with Crippen molar-refractivity contribution in [3.8, 4) is 11.5 Å². The number of benzene rings is 3. The number of aromatic hydroxyl groups is 2. The predicted molar refractivity (Wildman–Crippen MR) is 209 cm³/mol. The van der Waals surface area contributed by atoms with E-state index in [0.29, 0.717) is 13.1 Å². The summed E-state index contributed by atoms with van der Waals surface area (Å²) in [6.07, 6.45) is -5.61. The summed E-state index contributed by atoms with van der Waals surface area (Å²) in [6.45, 7) is 4.01. The summed E-state index contributed by atoms with van der Waals surface area (Å²) in [4.78, 5) is 75.4. The molecule has 5 aliphatic rings. The van der Waals surface area contributed by atoms with E-state index in [1.165, 1.54) is 18.1 Å². The summed E-state index contributed by atoms with van der Waals surface area (Å²) >= 11 is 0. The molecule has 60 heavy (non-hydrogen) atoms. The van der Waals surface area contributed by atoms with E-state index in [9.17, 15) is 54.6 Å². The molecule has 3 aliphatic carbocycles. The normalized spacial score (nSPS) is 30.0. The quantitative estimate of drug-likeness (QED) is 0.171. The summed E-state index contributed by atoms with van der Waals surface area (Å²) < 4.78 is 16.8. The van der Waals surface area contributed by atoms with E-state index in [0.717, 1.165) is 24.9 Å². The molecular weight excluding hydrogens is 782 g/mol. The van der Waals surface area contributed by atoms with Crippen LogP contribution in [-0.2, 0) is 26.2 Å². The number of hydrogen-bond acceptors (Lipinski definition) is 16. The molecule has 17 heteroatoms. The molecule has 2 fully saturated rings. The van der Waals surface area contributed by atoms with Crippen LogP contribution in [0.3, 0.4) is 0 Å². The lowest BCUT2D eigenvalue weighted by Gasteiger charge is -2.53. The molecule has 1 amide bonds. The van der Waals surface area contributed by atoms with Crippen molar-refractivity contribution < 1.29 is 68.8 Å². The van der Waals surface area contributed by atoms with Gasteiger partial charge in [0.25, 0.3) is 5.91 Å². The number of ether oxygens (including phenoxy) is 3. The van der Waals surface area contributed by atoms with Gasteiger partial charge in [-0.2, -0.15) is 0 Å². The van der Waals surface area contributed by atoms with Crippen LogP contribution in [0.25, 0.3) is 0 Å². The fourth-order valence-corrected chi connectivity index (χ4v) is 9.77. The fourth-order valence-electron chi connectivity index (χ4n) is 9.77. The highest BCUT2D eigenvalue weighted by Crippen LogP contribution is 2.56. The number of piperazine rings is 1. The van der Waals surface area contributed by atoms with Crippen molar-refractivity contribution in [2.24, 2.45) is 5.92 Å². The SMILES string of the molecule is CO[C@@H]1[C@@H](O)[C@@H](CO)C(NC2=CC(=O)c3c(cc4c(c3O)C(=O)[C@]3(OC)[C@H](O)Cc5cc(C)c(C(=O)N6CCN(c7ccccc7)CC6)c(O)c5[C@]3(O)C4=O)C2=O)O[C@H]1C. The average molecular weight is 828 g/mol. The Hall–Kier alpha value is -5.53. The molecule has 8 rings (SSSR count). The van der Waals surface area contributed by atoms with Crippen molar-refractivity contribution in [3.05, 3.63) is 98.7 Å². The Morgan fingerprint density at radius 2 is 1.63 bits per heavy atom. The number of ketones is 4. The van der Waals surface area contributed by atoms with E-state index in [1.54, 1.807) is 13.8 Å². The minimum atomic E-state index is -3.24. The molecule has 17 nitrogen and oxygen atoms in total. The molecule has 0 bridgehead atoms. The Morgan fingerprint density at radius 1 is 0.950 bits per heavy atom. The lowest BCUT2D eigenvalue weighted by Crippen LogP contribution is -2.73. The molecule has 2 saturated heterocycles. The molecule has 0 spiro atoms. The lowest BCUT2D eigenvalue weighted by molar-refractivity contribution is -0.214.